The number of hydrogen-bond acceptors (Lipinski definition) is 3. The van der Waals surface area contributed by atoms with Crippen molar-refractivity contribution in [2.24, 2.45) is 5.92 Å². The number of anilines is 1. The molecule has 138 valence electrons. The number of carbonyl (C=O) groups is 2. The summed E-state index contributed by atoms with van der Waals surface area (Å²) in [5.74, 6) is 0.773. The highest BCUT2D eigenvalue weighted by Crippen LogP contribution is 2.16. The van der Waals surface area contributed by atoms with Gasteiger partial charge in [0, 0.05) is 58.3 Å². The van der Waals surface area contributed by atoms with E-state index >= 15 is 0 Å². The normalized spacial score (nSPS) is 14.7. The molecule has 1 aliphatic heterocycles. The molecule has 1 aromatic carbocycles. The minimum atomic E-state index is 0.0577. The van der Waals surface area contributed by atoms with Crippen LogP contribution in [0.1, 0.15) is 33.6 Å². The summed E-state index contributed by atoms with van der Waals surface area (Å²) in [5, 5.41) is 0. The quantitative estimate of drug-likeness (QED) is 0.763. The number of benzene rings is 1. The summed E-state index contributed by atoms with van der Waals surface area (Å²) in [5.41, 5.74) is 1.21. The Morgan fingerprint density at radius 3 is 2.24 bits per heavy atom. The summed E-state index contributed by atoms with van der Waals surface area (Å²) in [6.07, 6.45) is 1.40. The number of nitrogens with zero attached hydrogens (tertiary/aromatic N) is 3. The highest BCUT2D eigenvalue weighted by atomic mass is 16.2. The molecule has 25 heavy (non-hydrogen) atoms. The van der Waals surface area contributed by atoms with Gasteiger partial charge in [0.15, 0.2) is 0 Å². The summed E-state index contributed by atoms with van der Waals surface area (Å²) in [6, 6.07) is 10.3. The molecule has 1 fully saturated rings. The molecule has 0 atom stereocenters. The second-order valence-electron chi connectivity index (χ2n) is 7.14. The molecule has 5 heteroatoms. The summed E-state index contributed by atoms with van der Waals surface area (Å²) in [6.45, 7) is 10.4. The van der Waals surface area contributed by atoms with E-state index in [4.69, 9.17) is 0 Å². The summed E-state index contributed by atoms with van der Waals surface area (Å²) >= 11 is 0. The molecule has 0 aliphatic carbocycles. The molecule has 0 N–H and O–H groups in total. The largest absolute Gasteiger partial charge is 0.368 e. The lowest BCUT2D eigenvalue weighted by molar-refractivity contribution is -0.133. The first-order valence-electron chi connectivity index (χ1n) is 9.30. The van der Waals surface area contributed by atoms with Gasteiger partial charge < -0.3 is 14.7 Å². The fraction of sp³-hybridized carbons (Fsp3) is 0.600. The van der Waals surface area contributed by atoms with Crippen LogP contribution in [0.5, 0.6) is 0 Å². The molecule has 0 bridgehead atoms. The zero-order chi connectivity index (χ0) is 18.2. The molecule has 2 rings (SSSR count). The third-order valence-electron chi connectivity index (χ3n) is 4.77. The highest BCUT2D eigenvalue weighted by molar-refractivity contribution is 5.78. The Morgan fingerprint density at radius 1 is 1.04 bits per heavy atom. The number of rotatable bonds is 7. The van der Waals surface area contributed by atoms with E-state index in [1.165, 1.54) is 5.69 Å². The average Bonchev–Trinajstić information content (AvgIpc) is 2.62. The highest BCUT2D eigenvalue weighted by Gasteiger charge is 2.22. The lowest BCUT2D eigenvalue weighted by atomic mass is 10.1. The number of para-hydroxylation sites is 1. The van der Waals surface area contributed by atoms with Crippen LogP contribution >= 0.6 is 0 Å². The van der Waals surface area contributed by atoms with Crippen molar-refractivity contribution in [3.63, 3.8) is 0 Å². The molecule has 1 aliphatic rings. The lowest BCUT2D eigenvalue weighted by Gasteiger charge is -2.36. The van der Waals surface area contributed by atoms with Crippen molar-refractivity contribution in [3.8, 4) is 0 Å². The van der Waals surface area contributed by atoms with E-state index in [2.05, 4.69) is 30.9 Å². The summed E-state index contributed by atoms with van der Waals surface area (Å²) in [4.78, 5) is 30.3. The monoisotopic (exact) mass is 345 g/mol. The van der Waals surface area contributed by atoms with Crippen LogP contribution in [-0.2, 0) is 9.59 Å². The third kappa shape index (κ3) is 6.07. The Kier molecular flexibility index (Phi) is 7.29. The van der Waals surface area contributed by atoms with Crippen molar-refractivity contribution in [2.75, 3.05) is 44.2 Å². The number of piperazine rings is 1. The predicted molar refractivity (Wildman–Crippen MR) is 102 cm³/mol. The maximum atomic E-state index is 12.5. The Bertz CT molecular complexity index is 551. The van der Waals surface area contributed by atoms with Gasteiger partial charge in [-0.05, 0) is 24.5 Å². The molecular weight excluding hydrogens is 314 g/mol. The molecule has 0 aromatic heterocycles. The number of hydrogen-bond donors (Lipinski definition) is 0. The van der Waals surface area contributed by atoms with Crippen LogP contribution in [0.4, 0.5) is 5.69 Å². The fourth-order valence-corrected chi connectivity index (χ4v) is 3.08. The molecule has 1 aromatic rings. The molecule has 0 unspecified atom stereocenters. The first kappa shape index (κ1) is 19.3. The SMILES string of the molecule is CC(=O)N(CCC(=O)N1CCN(c2ccccc2)CC1)CCC(C)C. The van der Waals surface area contributed by atoms with Gasteiger partial charge in [0.2, 0.25) is 11.8 Å². The summed E-state index contributed by atoms with van der Waals surface area (Å²) < 4.78 is 0. The topological polar surface area (TPSA) is 43.9 Å². The van der Waals surface area contributed by atoms with Crippen LogP contribution in [0.15, 0.2) is 30.3 Å². The van der Waals surface area contributed by atoms with Crippen LogP contribution in [0, 0.1) is 5.92 Å². The van der Waals surface area contributed by atoms with Gasteiger partial charge in [0.1, 0.15) is 0 Å². The lowest BCUT2D eigenvalue weighted by Crippen LogP contribution is -2.49. The van der Waals surface area contributed by atoms with Crippen LogP contribution in [-0.4, -0.2) is 60.9 Å². The van der Waals surface area contributed by atoms with Gasteiger partial charge in [0.25, 0.3) is 0 Å². The smallest absolute Gasteiger partial charge is 0.224 e. The van der Waals surface area contributed by atoms with Gasteiger partial charge in [-0.25, -0.2) is 0 Å². The van der Waals surface area contributed by atoms with Crippen LogP contribution < -0.4 is 4.90 Å². The van der Waals surface area contributed by atoms with E-state index in [0.717, 1.165) is 39.1 Å². The Balaban J connectivity index is 1.77. The molecule has 0 saturated carbocycles. The van der Waals surface area contributed by atoms with Crippen molar-refractivity contribution in [1.82, 2.24) is 9.80 Å². The average molecular weight is 345 g/mol. The standard InChI is InChI=1S/C20H31N3O2/c1-17(2)9-11-21(18(3)24)12-10-20(25)23-15-13-22(14-16-23)19-7-5-4-6-8-19/h4-8,17H,9-16H2,1-3H3. The zero-order valence-corrected chi connectivity index (χ0v) is 15.8. The van der Waals surface area contributed by atoms with Gasteiger partial charge >= 0.3 is 0 Å². The molecule has 1 heterocycles. The van der Waals surface area contributed by atoms with E-state index in [9.17, 15) is 9.59 Å². The molecule has 0 radical (unpaired) electrons. The minimum Gasteiger partial charge on any atom is -0.368 e. The van der Waals surface area contributed by atoms with Gasteiger partial charge in [-0.1, -0.05) is 32.0 Å². The second-order valence-corrected chi connectivity index (χ2v) is 7.14. The first-order valence-corrected chi connectivity index (χ1v) is 9.30. The maximum Gasteiger partial charge on any atom is 0.224 e. The third-order valence-corrected chi connectivity index (χ3v) is 4.77. The Morgan fingerprint density at radius 2 is 1.68 bits per heavy atom. The van der Waals surface area contributed by atoms with Gasteiger partial charge in [-0.15, -0.1) is 0 Å². The molecule has 5 nitrogen and oxygen atoms in total. The first-order chi connectivity index (χ1) is 12.0. The number of carbonyl (C=O) groups excluding carboxylic acids is 2. The van der Waals surface area contributed by atoms with Crippen molar-refractivity contribution in [1.29, 1.82) is 0 Å². The molecule has 0 spiro atoms. The van der Waals surface area contributed by atoms with Gasteiger partial charge in [0.05, 0.1) is 0 Å². The van der Waals surface area contributed by atoms with E-state index in [1.54, 1.807) is 11.8 Å². The fourth-order valence-electron chi connectivity index (χ4n) is 3.08. The van der Waals surface area contributed by atoms with E-state index in [-0.39, 0.29) is 11.8 Å². The minimum absolute atomic E-state index is 0.0577. The van der Waals surface area contributed by atoms with Gasteiger partial charge in [-0.3, -0.25) is 9.59 Å². The predicted octanol–water partition coefficient (Wildman–Crippen LogP) is 2.62. The Hall–Kier alpha value is -2.04. The van der Waals surface area contributed by atoms with Crippen LogP contribution in [0.25, 0.3) is 0 Å². The van der Waals surface area contributed by atoms with E-state index < -0.39 is 0 Å². The molecule has 2 amide bonds. The molecular formula is C20H31N3O2. The van der Waals surface area contributed by atoms with Gasteiger partial charge in [-0.2, -0.15) is 0 Å². The zero-order valence-electron chi connectivity index (χ0n) is 15.8. The molecule has 1 saturated heterocycles. The van der Waals surface area contributed by atoms with Crippen LogP contribution in [0.3, 0.4) is 0 Å². The summed E-state index contributed by atoms with van der Waals surface area (Å²) in [7, 11) is 0. The van der Waals surface area contributed by atoms with Crippen LogP contribution in [0.2, 0.25) is 0 Å². The van der Waals surface area contributed by atoms with Crippen molar-refractivity contribution < 1.29 is 9.59 Å². The van der Waals surface area contributed by atoms with Crippen molar-refractivity contribution in [2.45, 2.75) is 33.6 Å². The van der Waals surface area contributed by atoms with Crippen molar-refractivity contribution in [3.05, 3.63) is 30.3 Å². The van der Waals surface area contributed by atoms with E-state index in [0.29, 0.717) is 18.9 Å². The maximum absolute atomic E-state index is 12.5. The van der Waals surface area contributed by atoms with Crippen molar-refractivity contribution >= 4 is 17.5 Å². The number of amides is 2. The Labute approximate surface area is 151 Å². The van der Waals surface area contributed by atoms with E-state index in [1.807, 2.05) is 23.1 Å². The second kappa shape index (κ2) is 9.44.